The van der Waals surface area contributed by atoms with Crippen LogP contribution in [0.4, 0.5) is 4.79 Å². The van der Waals surface area contributed by atoms with Crippen molar-refractivity contribution in [1.82, 2.24) is 9.78 Å². The minimum atomic E-state index is -0.475. The van der Waals surface area contributed by atoms with E-state index in [0.717, 1.165) is 11.1 Å². The Morgan fingerprint density at radius 1 is 1.04 bits per heavy atom. The van der Waals surface area contributed by atoms with Crippen LogP contribution in [0.15, 0.2) is 60.7 Å². The number of carbonyl (C=O) groups excluding carboxylic acids is 1. The molecule has 0 aliphatic heterocycles. The summed E-state index contributed by atoms with van der Waals surface area (Å²) >= 11 is 0. The summed E-state index contributed by atoms with van der Waals surface area (Å²) in [6, 6.07) is 20.1. The molecule has 3 rings (SSSR count). The van der Waals surface area contributed by atoms with Crippen LogP contribution in [0.3, 0.4) is 0 Å². The van der Waals surface area contributed by atoms with Crippen LogP contribution in [0.1, 0.15) is 44.5 Å². The highest BCUT2D eigenvalue weighted by atomic mass is 16.5. The van der Waals surface area contributed by atoms with E-state index in [4.69, 9.17) is 4.74 Å². The fourth-order valence-corrected chi connectivity index (χ4v) is 2.90. The Bertz CT molecular complexity index is 962. The second-order valence-corrected chi connectivity index (χ2v) is 7.64. The number of ether oxygens (including phenoxy) is 1. The fraction of sp³-hybridized carbons (Fsp3) is 0.250. The molecule has 0 N–H and O–H groups in total. The average molecular weight is 374 g/mol. The molecule has 0 aliphatic rings. The van der Waals surface area contributed by atoms with Gasteiger partial charge in [0, 0.05) is 5.56 Å². The van der Waals surface area contributed by atoms with Gasteiger partial charge in [-0.1, -0.05) is 81.4 Å². The summed E-state index contributed by atoms with van der Waals surface area (Å²) in [4.78, 5) is 12.4. The standard InChI is InChI=1S/C24H26N2O2/c1-5-28-23(27)26-22(19-12-14-20(15-13-19)24(2,3)4)17-21(25-26)16-11-18-9-7-6-8-10-18/h6-17H,5H2,1-4H3/b16-11+. The Balaban J connectivity index is 1.97. The molecule has 0 unspecified atom stereocenters. The number of aromatic nitrogens is 2. The van der Waals surface area contributed by atoms with Crippen LogP contribution in [-0.4, -0.2) is 22.5 Å². The lowest BCUT2D eigenvalue weighted by Gasteiger charge is -2.19. The lowest BCUT2D eigenvalue weighted by Crippen LogP contribution is -2.16. The molecule has 4 nitrogen and oxygen atoms in total. The molecule has 0 radical (unpaired) electrons. The van der Waals surface area contributed by atoms with E-state index in [1.807, 2.05) is 60.7 Å². The number of rotatable bonds is 4. The van der Waals surface area contributed by atoms with Crippen LogP contribution < -0.4 is 0 Å². The zero-order valence-corrected chi connectivity index (χ0v) is 16.8. The van der Waals surface area contributed by atoms with E-state index in [1.54, 1.807) is 6.92 Å². The van der Waals surface area contributed by atoms with E-state index < -0.39 is 6.09 Å². The molecule has 0 saturated heterocycles. The minimum absolute atomic E-state index is 0.0729. The van der Waals surface area contributed by atoms with Crippen molar-refractivity contribution in [1.29, 1.82) is 0 Å². The van der Waals surface area contributed by atoms with Crippen LogP contribution in [0.5, 0.6) is 0 Å². The van der Waals surface area contributed by atoms with Gasteiger partial charge in [0.1, 0.15) is 0 Å². The van der Waals surface area contributed by atoms with Gasteiger partial charge in [0.2, 0.25) is 0 Å². The van der Waals surface area contributed by atoms with E-state index in [1.165, 1.54) is 10.2 Å². The van der Waals surface area contributed by atoms with Gasteiger partial charge in [-0.15, -0.1) is 0 Å². The molecule has 0 fully saturated rings. The van der Waals surface area contributed by atoms with E-state index in [0.29, 0.717) is 18.0 Å². The zero-order valence-electron chi connectivity index (χ0n) is 16.8. The highest BCUT2D eigenvalue weighted by Gasteiger charge is 2.18. The van der Waals surface area contributed by atoms with E-state index in [2.05, 4.69) is 38.0 Å². The molecule has 28 heavy (non-hydrogen) atoms. The van der Waals surface area contributed by atoms with E-state index in [-0.39, 0.29) is 5.41 Å². The summed E-state index contributed by atoms with van der Waals surface area (Å²) < 4.78 is 6.52. The van der Waals surface area contributed by atoms with E-state index in [9.17, 15) is 4.79 Å². The van der Waals surface area contributed by atoms with Gasteiger partial charge >= 0.3 is 6.09 Å². The van der Waals surface area contributed by atoms with E-state index >= 15 is 0 Å². The maximum Gasteiger partial charge on any atom is 0.435 e. The Morgan fingerprint density at radius 3 is 2.32 bits per heavy atom. The Morgan fingerprint density at radius 2 is 1.71 bits per heavy atom. The normalized spacial score (nSPS) is 11.7. The summed E-state index contributed by atoms with van der Waals surface area (Å²) in [5.41, 5.74) is 4.72. The highest BCUT2D eigenvalue weighted by Crippen LogP contribution is 2.27. The van der Waals surface area contributed by atoms with Crippen molar-refractivity contribution >= 4 is 18.2 Å². The van der Waals surface area contributed by atoms with Gasteiger partial charge in [0.05, 0.1) is 18.0 Å². The Hall–Kier alpha value is -3.14. The summed E-state index contributed by atoms with van der Waals surface area (Å²) in [6.07, 6.45) is 3.40. The summed E-state index contributed by atoms with van der Waals surface area (Å²) in [5, 5.41) is 4.45. The van der Waals surface area contributed by atoms with Crippen LogP contribution in [0.25, 0.3) is 23.4 Å². The molecule has 0 saturated carbocycles. The van der Waals surface area contributed by atoms with Gasteiger partial charge in [-0.25, -0.2) is 4.79 Å². The first kappa shape index (κ1) is 19.6. The minimum Gasteiger partial charge on any atom is -0.448 e. The fourth-order valence-electron chi connectivity index (χ4n) is 2.90. The van der Waals surface area contributed by atoms with Gasteiger partial charge in [0.25, 0.3) is 0 Å². The molecular weight excluding hydrogens is 348 g/mol. The number of hydrogen-bond acceptors (Lipinski definition) is 3. The largest absolute Gasteiger partial charge is 0.448 e. The summed E-state index contributed by atoms with van der Waals surface area (Å²) in [5.74, 6) is 0. The monoisotopic (exact) mass is 374 g/mol. The summed E-state index contributed by atoms with van der Waals surface area (Å²) in [7, 11) is 0. The molecule has 2 aromatic carbocycles. The van der Waals surface area contributed by atoms with Crippen molar-refractivity contribution < 1.29 is 9.53 Å². The second-order valence-electron chi connectivity index (χ2n) is 7.64. The molecule has 1 heterocycles. The number of nitrogens with zero attached hydrogens (tertiary/aromatic N) is 2. The summed E-state index contributed by atoms with van der Waals surface area (Å²) in [6.45, 7) is 8.62. The zero-order chi connectivity index (χ0) is 20.1. The SMILES string of the molecule is CCOC(=O)n1nc(/C=C/c2ccccc2)cc1-c1ccc(C(C)(C)C)cc1. The molecule has 0 bridgehead atoms. The first-order chi connectivity index (χ1) is 13.4. The third-order valence-corrected chi connectivity index (χ3v) is 4.46. The predicted molar refractivity (Wildman–Crippen MR) is 114 cm³/mol. The third kappa shape index (κ3) is 4.58. The molecule has 0 aliphatic carbocycles. The quantitative estimate of drug-likeness (QED) is 0.560. The van der Waals surface area contributed by atoms with Crippen LogP contribution in [0, 0.1) is 0 Å². The van der Waals surface area contributed by atoms with Crippen LogP contribution in [-0.2, 0) is 10.2 Å². The molecular formula is C24H26N2O2. The van der Waals surface area contributed by atoms with Crippen LogP contribution >= 0.6 is 0 Å². The van der Waals surface area contributed by atoms with Gasteiger partial charge in [-0.3, -0.25) is 0 Å². The molecule has 0 amide bonds. The topological polar surface area (TPSA) is 44.1 Å². The van der Waals surface area contributed by atoms with Crippen molar-refractivity contribution in [2.24, 2.45) is 0 Å². The molecule has 0 spiro atoms. The first-order valence-corrected chi connectivity index (χ1v) is 9.49. The van der Waals surface area contributed by atoms with Gasteiger partial charge in [-0.05, 0) is 35.6 Å². The molecule has 3 aromatic rings. The highest BCUT2D eigenvalue weighted by molar-refractivity contribution is 5.80. The number of hydrogen-bond donors (Lipinski definition) is 0. The van der Waals surface area contributed by atoms with Crippen LogP contribution in [0.2, 0.25) is 0 Å². The lowest BCUT2D eigenvalue weighted by molar-refractivity contribution is 0.151. The van der Waals surface area contributed by atoms with Crippen molar-refractivity contribution in [3.63, 3.8) is 0 Å². The van der Waals surface area contributed by atoms with Crippen molar-refractivity contribution in [2.45, 2.75) is 33.1 Å². The maximum atomic E-state index is 12.4. The average Bonchev–Trinajstić information content (AvgIpc) is 3.11. The first-order valence-electron chi connectivity index (χ1n) is 9.49. The number of benzene rings is 2. The van der Waals surface area contributed by atoms with Crippen molar-refractivity contribution in [3.05, 3.63) is 77.5 Å². The maximum absolute atomic E-state index is 12.4. The molecule has 4 heteroatoms. The van der Waals surface area contributed by atoms with Gasteiger partial charge in [0.15, 0.2) is 0 Å². The predicted octanol–water partition coefficient (Wildman–Crippen LogP) is 6.02. The molecule has 0 atom stereocenters. The van der Waals surface area contributed by atoms with Crippen molar-refractivity contribution in [3.8, 4) is 11.3 Å². The van der Waals surface area contributed by atoms with Crippen molar-refractivity contribution in [2.75, 3.05) is 6.61 Å². The Labute approximate surface area is 166 Å². The molecule has 144 valence electrons. The molecule has 1 aromatic heterocycles. The third-order valence-electron chi connectivity index (χ3n) is 4.46. The number of carbonyl (C=O) groups is 1. The van der Waals surface area contributed by atoms with Gasteiger partial charge < -0.3 is 4.74 Å². The van der Waals surface area contributed by atoms with Gasteiger partial charge in [-0.2, -0.15) is 9.78 Å². The lowest BCUT2D eigenvalue weighted by atomic mass is 9.86. The second kappa shape index (κ2) is 8.26. The Kier molecular flexibility index (Phi) is 5.78. The smallest absolute Gasteiger partial charge is 0.435 e.